The fourth-order valence-electron chi connectivity index (χ4n) is 6.53. The van der Waals surface area contributed by atoms with Crippen LogP contribution in [0.4, 0.5) is 0 Å². The smallest absolute Gasteiger partial charge is 0.254 e. The summed E-state index contributed by atoms with van der Waals surface area (Å²) in [4.78, 5) is 48.0. The van der Waals surface area contributed by atoms with Crippen LogP contribution in [-0.2, 0) is 20.7 Å². The van der Waals surface area contributed by atoms with Crippen LogP contribution in [0.1, 0.15) is 43.6 Å². The van der Waals surface area contributed by atoms with Gasteiger partial charge in [-0.25, -0.2) is 0 Å². The number of hydrogen-bond acceptors (Lipinski definition) is 6. The molecule has 0 aliphatic carbocycles. The van der Waals surface area contributed by atoms with Crippen LogP contribution in [0.2, 0.25) is 11.8 Å². The highest BCUT2D eigenvalue weighted by molar-refractivity contribution is 6.31. The molecule has 2 radical (unpaired) electrons. The van der Waals surface area contributed by atoms with E-state index in [0.717, 1.165) is 22.0 Å². The fraction of sp³-hybridized carbons (Fsp3) is 0.462. The Balaban J connectivity index is 0.00000169. The minimum atomic E-state index is -0.467. The Kier molecular flexibility index (Phi) is 16.1. The number of rotatable bonds is 12. The summed E-state index contributed by atoms with van der Waals surface area (Å²) in [5, 5.41) is 4.59. The van der Waals surface area contributed by atoms with Gasteiger partial charge in [0.05, 0.1) is 46.6 Å². The molecular weight excluding hydrogens is 667 g/mol. The molecule has 3 aromatic rings. The number of carbonyl (C=O) groups is 3. The number of hydrogen-bond donors (Lipinski definition) is 2. The van der Waals surface area contributed by atoms with Crippen LogP contribution in [0, 0.1) is 17.8 Å². The summed E-state index contributed by atoms with van der Waals surface area (Å²) in [6.45, 7) is 18.2. The average molecular weight is 719 g/mol. The highest BCUT2D eigenvalue weighted by Crippen LogP contribution is 2.37. The van der Waals surface area contributed by atoms with E-state index in [1.165, 1.54) is 6.82 Å². The summed E-state index contributed by atoms with van der Waals surface area (Å²) >= 11 is 6.16. The number of aromatic amines is 1. The van der Waals surface area contributed by atoms with Gasteiger partial charge in [0.25, 0.3) is 5.91 Å². The second kappa shape index (κ2) is 20.0. The third-order valence-electron chi connectivity index (χ3n) is 9.07. The monoisotopic (exact) mass is 718 g/mol. The van der Waals surface area contributed by atoms with E-state index < -0.39 is 5.92 Å². The van der Waals surface area contributed by atoms with Crippen molar-refractivity contribution in [3.63, 3.8) is 0 Å². The molecule has 3 amide bonds. The Hall–Kier alpha value is -4.22. The summed E-state index contributed by atoms with van der Waals surface area (Å²) in [5.74, 6) is 0.129. The van der Waals surface area contributed by atoms with E-state index in [2.05, 4.69) is 31.3 Å². The number of H-pyrrole nitrogens is 1. The van der Waals surface area contributed by atoms with Gasteiger partial charge in [0.15, 0.2) is 11.5 Å². The topological polar surface area (TPSA) is 113 Å². The minimum absolute atomic E-state index is 0.0424. The van der Waals surface area contributed by atoms with Crippen LogP contribution in [0.3, 0.4) is 0 Å². The molecule has 2 aromatic carbocycles. The molecule has 51 heavy (non-hydrogen) atoms. The van der Waals surface area contributed by atoms with Crippen LogP contribution in [-0.4, -0.2) is 99.5 Å². The fourth-order valence-corrected chi connectivity index (χ4v) is 6.70. The van der Waals surface area contributed by atoms with Crippen LogP contribution in [0.5, 0.6) is 11.5 Å². The molecule has 3 heterocycles. The summed E-state index contributed by atoms with van der Waals surface area (Å²) in [6, 6.07) is 10.8. The van der Waals surface area contributed by atoms with Gasteiger partial charge < -0.3 is 34.3 Å². The Labute approximate surface area is 308 Å². The van der Waals surface area contributed by atoms with E-state index in [-0.39, 0.29) is 48.6 Å². The van der Waals surface area contributed by atoms with Gasteiger partial charge in [-0.2, -0.15) is 0 Å². The average Bonchev–Trinajstić information content (AvgIpc) is 3.75. The normalized spacial score (nSPS) is 18.3. The molecular formula is C39H52BClN4O6. The van der Waals surface area contributed by atoms with Gasteiger partial charge in [0.1, 0.15) is 0 Å². The molecule has 0 bridgehead atoms. The zero-order chi connectivity index (χ0) is 37.7. The molecule has 2 N–H and O–H groups in total. The first kappa shape index (κ1) is 41.2. The number of benzene rings is 2. The summed E-state index contributed by atoms with van der Waals surface area (Å²) in [7, 11) is 6.05. The molecule has 3 unspecified atom stereocenters. The standard InChI is InChI=1S/C36H45ClN4O6.C2H4.CH3B/c1-6-23(4)21-46-12-11-38-35(43)30-20-40(34(42)14-25-16-39-31-15-27(37)8-9-28(25)31)17-26-18-41(19-29(26)30)36(44)24-7-10-32(47-22(2)3)33(13-24)45-5;2*1-2/h6-10,13,15-16,22,26,29-30,39H,11-12,14,17-21H2,1-5H3,(H,38,43);1-2H2;1H3/b23-6+;;. The number of methoxy groups -OCH3 is 1. The number of fused-ring (bicyclic) bond motifs is 2. The van der Waals surface area contributed by atoms with Gasteiger partial charge in [-0.15, -0.1) is 13.2 Å². The second-order valence-electron chi connectivity index (χ2n) is 12.7. The van der Waals surface area contributed by atoms with E-state index in [0.29, 0.717) is 61.5 Å². The predicted molar refractivity (Wildman–Crippen MR) is 205 cm³/mol. The maximum Gasteiger partial charge on any atom is 0.254 e. The molecule has 12 heteroatoms. The van der Waals surface area contributed by atoms with Gasteiger partial charge in [0.2, 0.25) is 11.8 Å². The minimum Gasteiger partial charge on any atom is -0.493 e. The maximum atomic E-state index is 13.8. The van der Waals surface area contributed by atoms with Crippen molar-refractivity contribution in [2.24, 2.45) is 17.8 Å². The van der Waals surface area contributed by atoms with Crippen LogP contribution in [0.25, 0.3) is 10.9 Å². The van der Waals surface area contributed by atoms with Crippen LogP contribution < -0.4 is 14.8 Å². The van der Waals surface area contributed by atoms with Gasteiger partial charge in [-0.3, -0.25) is 14.4 Å². The van der Waals surface area contributed by atoms with E-state index in [9.17, 15) is 14.4 Å². The lowest BCUT2D eigenvalue weighted by atomic mass is 9.79. The molecule has 274 valence electrons. The van der Waals surface area contributed by atoms with E-state index >= 15 is 0 Å². The van der Waals surface area contributed by atoms with E-state index in [4.69, 9.17) is 25.8 Å². The van der Waals surface area contributed by atoms with Crippen molar-refractivity contribution >= 4 is 48.1 Å². The molecule has 2 fully saturated rings. The van der Waals surface area contributed by atoms with Crippen molar-refractivity contribution in [2.45, 2.75) is 47.0 Å². The lowest BCUT2D eigenvalue weighted by Gasteiger charge is -2.39. The number of nitrogens with zero attached hydrogens (tertiary/aromatic N) is 2. The second-order valence-corrected chi connectivity index (χ2v) is 13.2. The summed E-state index contributed by atoms with van der Waals surface area (Å²) in [6.07, 6.45) is 3.99. The molecule has 2 saturated heterocycles. The molecule has 5 rings (SSSR count). The number of ether oxygens (including phenoxy) is 3. The van der Waals surface area contributed by atoms with Crippen molar-refractivity contribution in [3.8, 4) is 11.5 Å². The molecule has 3 atom stereocenters. The zero-order valence-electron chi connectivity index (χ0n) is 30.8. The van der Waals surface area contributed by atoms with Crippen molar-refractivity contribution < 1.29 is 28.6 Å². The van der Waals surface area contributed by atoms with Crippen molar-refractivity contribution in [1.29, 1.82) is 0 Å². The molecule has 0 spiro atoms. The number of halogens is 1. The maximum absolute atomic E-state index is 13.8. The molecule has 2 aliphatic heterocycles. The van der Waals surface area contributed by atoms with Crippen molar-refractivity contribution in [2.75, 3.05) is 53.0 Å². The largest absolute Gasteiger partial charge is 0.493 e. The van der Waals surface area contributed by atoms with Crippen molar-refractivity contribution in [1.82, 2.24) is 20.1 Å². The Morgan fingerprint density at radius 2 is 1.78 bits per heavy atom. The molecule has 2 aliphatic rings. The van der Waals surface area contributed by atoms with Crippen LogP contribution in [0.15, 0.2) is 67.4 Å². The Bertz CT molecular complexity index is 1660. The lowest BCUT2D eigenvalue weighted by Crippen LogP contribution is -2.53. The van der Waals surface area contributed by atoms with Gasteiger partial charge in [-0.1, -0.05) is 36.1 Å². The number of aromatic nitrogens is 1. The van der Waals surface area contributed by atoms with Gasteiger partial charge in [0, 0.05) is 60.4 Å². The number of carbonyl (C=O) groups excluding carboxylic acids is 3. The third kappa shape index (κ3) is 10.6. The van der Waals surface area contributed by atoms with E-state index in [1.807, 2.05) is 58.2 Å². The lowest BCUT2D eigenvalue weighted by molar-refractivity contribution is -0.138. The van der Waals surface area contributed by atoms with E-state index in [1.54, 1.807) is 35.1 Å². The summed E-state index contributed by atoms with van der Waals surface area (Å²) < 4.78 is 17.0. The Morgan fingerprint density at radius 3 is 2.47 bits per heavy atom. The molecule has 0 saturated carbocycles. The Morgan fingerprint density at radius 1 is 1.06 bits per heavy atom. The SMILES string of the molecule is C/C=C(\C)COCCNC(=O)C1CN(C(=O)Cc2c[nH]c3cc(Cl)ccc23)CC2CN(C(=O)c3ccc(OC(C)C)c(OC)c3)CC21.C=C.[B]C. The number of piperidine rings is 1. The first-order valence-electron chi connectivity index (χ1n) is 17.3. The number of amides is 3. The first-order chi connectivity index (χ1) is 24.6. The highest BCUT2D eigenvalue weighted by atomic mass is 35.5. The van der Waals surface area contributed by atoms with Crippen molar-refractivity contribution in [3.05, 3.63) is 83.6 Å². The zero-order valence-corrected chi connectivity index (χ0v) is 31.6. The number of likely N-dealkylation sites (tertiary alicyclic amines) is 2. The molecule has 10 nitrogen and oxygen atoms in total. The van der Waals surface area contributed by atoms with Crippen LogP contribution >= 0.6 is 11.6 Å². The van der Waals surface area contributed by atoms with Gasteiger partial charge in [-0.05, 0) is 75.4 Å². The quantitative estimate of drug-likeness (QED) is 0.133. The first-order valence-corrected chi connectivity index (χ1v) is 17.7. The highest BCUT2D eigenvalue weighted by Gasteiger charge is 2.47. The number of nitrogens with one attached hydrogen (secondary N) is 2. The third-order valence-corrected chi connectivity index (χ3v) is 9.30. The molecule has 1 aromatic heterocycles. The number of allylic oxidation sites excluding steroid dienone is 1. The predicted octanol–water partition coefficient (Wildman–Crippen LogP) is 6.11. The summed E-state index contributed by atoms with van der Waals surface area (Å²) in [5.41, 5.74) is 3.35. The van der Waals surface area contributed by atoms with Gasteiger partial charge >= 0.3 is 0 Å².